The van der Waals surface area contributed by atoms with Gasteiger partial charge in [0, 0.05) is 39.3 Å². The number of carbonyl (C=O) groups excluding carboxylic acids is 1. The summed E-state index contributed by atoms with van der Waals surface area (Å²) < 4.78 is 15.2. The summed E-state index contributed by atoms with van der Waals surface area (Å²) in [5, 5.41) is 3.93. The van der Waals surface area contributed by atoms with Gasteiger partial charge in [0.15, 0.2) is 5.13 Å². The molecule has 1 N–H and O–H groups in total. The molecular weight excluding hydrogens is 451 g/mol. The molecule has 142 valence electrons. The lowest BCUT2D eigenvalue weighted by molar-refractivity contribution is 0.0952. The van der Waals surface area contributed by atoms with Gasteiger partial charge in [-0.2, -0.15) is 0 Å². The Morgan fingerprint density at radius 2 is 2.00 bits per heavy atom. The average molecular weight is 469 g/mol. The number of amides is 1. The van der Waals surface area contributed by atoms with Crippen molar-refractivity contribution in [3.8, 4) is 0 Å². The summed E-state index contributed by atoms with van der Waals surface area (Å²) in [6.45, 7) is 5.07. The van der Waals surface area contributed by atoms with Crippen LogP contribution in [0.25, 0.3) is 10.2 Å². The highest BCUT2D eigenvalue weighted by Crippen LogP contribution is 2.29. The summed E-state index contributed by atoms with van der Waals surface area (Å²) in [6, 6.07) is 8.44. The normalized spacial score (nSPS) is 15.4. The minimum Gasteiger partial charge on any atom is -0.350 e. The smallest absolute Gasteiger partial charge is 0.261 e. The second kappa shape index (κ2) is 8.22. The van der Waals surface area contributed by atoms with Crippen LogP contribution in [0, 0.1) is 5.82 Å². The first-order valence-electron chi connectivity index (χ1n) is 8.65. The first-order valence-corrected chi connectivity index (χ1v) is 11.1. The number of fused-ring (bicyclic) bond motifs is 1. The molecule has 27 heavy (non-hydrogen) atoms. The van der Waals surface area contributed by atoms with Crippen molar-refractivity contribution in [2.75, 3.05) is 44.2 Å². The standard InChI is InChI=1S/C18H18BrFN4OS2/c19-16-4-3-14(26-16)17(25)21-5-6-23-7-9-24(10-8-23)18-22-13-2-1-12(20)11-15(13)27-18/h1-4,11H,5-10H2,(H,21,25). The molecule has 1 aliphatic rings. The van der Waals surface area contributed by atoms with E-state index in [4.69, 9.17) is 0 Å². The first-order chi connectivity index (χ1) is 13.1. The SMILES string of the molecule is O=C(NCCN1CCN(c2nc3ccc(F)cc3s2)CC1)c1ccc(Br)s1. The Bertz CT molecular complexity index is 952. The van der Waals surface area contributed by atoms with Gasteiger partial charge in [-0.3, -0.25) is 9.69 Å². The van der Waals surface area contributed by atoms with Gasteiger partial charge in [-0.25, -0.2) is 9.37 Å². The van der Waals surface area contributed by atoms with Crippen molar-refractivity contribution in [1.82, 2.24) is 15.2 Å². The summed E-state index contributed by atoms with van der Waals surface area (Å²) >= 11 is 6.35. The van der Waals surface area contributed by atoms with Crippen molar-refractivity contribution in [3.63, 3.8) is 0 Å². The van der Waals surface area contributed by atoms with Gasteiger partial charge in [-0.05, 0) is 46.3 Å². The molecule has 9 heteroatoms. The predicted molar refractivity (Wildman–Crippen MR) is 113 cm³/mol. The van der Waals surface area contributed by atoms with Crippen molar-refractivity contribution in [2.24, 2.45) is 0 Å². The number of aromatic nitrogens is 1. The number of carbonyl (C=O) groups is 1. The topological polar surface area (TPSA) is 48.5 Å². The van der Waals surface area contributed by atoms with E-state index in [0.717, 1.165) is 56.7 Å². The van der Waals surface area contributed by atoms with E-state index in [1.54, 1.807) is 12.1 Å². The summed E-state index contributed by atoms with van der Waals surface area (Å²) in [5.74, 6) is -0.245. The largest absolute Gasteiger partial charge is 0.350 e. The van der Waals surface area contributed by atoms with Crippen LogP contribution in [-0.2, 0) is 0 Å². The minimum atomic E-state index is -0.223. The number of hydrogen-bond donors (Lipinski definition) is 1. The van der Waals surface area contributed by atoms with Gasteiger partial charge >= 0.3 is 0 Å². The van der Waals surface area contributed by atoms with E-state index in [1.165, 1.54) is 28.7 Å². The minimum absolute atomic E-state index is 0.0222. The number of piperazine rings is 1. The Labute approximate surface area is 172 Å². The summed E-state index contributed by atoms with van der Waals surface area (Å²) in [5.41, 5.74) is 0.849. The molecule has 4 rings (SSSR count). The Hall–Kier alpha value is -1.55. The Morgan fingerprint density at radius 3 is 2.74 bits per heavy atom. The van der Waals surface area contributed by atoms with Gasteiger partial charge < -0.3 is 10.2 Å². The second-order valence-corrected chi connectivity index (χ2v) is 9.77. The molecule has 2 aromatic heterocycles. The molecular formula is C18H18BrFN4OS2. The van der Waals surface area contributed by atoms with Crippen LogP contribution in [-0.4, -0.2) is 55.1 Å². The van der Waals surface area contributed by atoms with Crippen molar-refractivity contribution < 1.29 is 9.18 Å². The quantitative estimate of drug-likeness (QED) is 0.618. The molecule has 1 fully saturated rings. The van der Waals surface area contributed by atoms with Crippen molar-refractivity contribution in [1.29, 1.82) is 0 Å². The van der Waals surface area contributed by atoms with Crippen molar-refractivity contribution >= 4 is 59.9 Å². The van der Waals surface area contributed by atoms with Gasteiger partial charge in [0.25, 0.3) is 5.91 Å². The lowest BCUT2D eigenvalue weighted by Gasteiger charge is -2.34. The fourth-order valence-corrected chi connectivity index (χ4v) is 5.38. The maximum Gasteiger partial charge on any atom is 0.261 e. The number of rotatable bonds is 5. The zero-order chi connectivity index (χ0) is 18.8. The Balaban J connectivity index is 1.25. The highest BCUT2D eigenvalue weighted by Gasteiger charge is 2.20. The molecule has 0 saturated carbocycles. The van der Waals surface area contributed by atoms with Crippen LogP contribution < -0.4 is 10.2 Å². The third kappa shape index (κ3) is 4.48. The molecule has 0 radical (unpaired) electrons. The van der Waals surface area contributed by atoms with Crippen LogP contribution in [0.5, 0.6) is 0 Å². The number of nitrogens with zero attached hydrogens (tertiary/aromatic N) is 3. The monoisotopic (exact) mass is 468 g/mol. The average Bonchev–Trinajstić information content (AvgIpc) is 3.28. The highest BCUT2D eigenvalue weighted by molar-refractivity contribution is 9.11. The van der Waals surface area contributed by atoms with E-state index in [9.17, 15) is 9.18 Å². The first kappa shape index (κ1) is 18.8. The number of anilines is 1. The van der Waals surface area contributed by atoms with Gasteiger partial charge in [0.2, 0.25) is 0 Å². The van der Waals surface area contributed by atoms with E-state index >= 15 is 0 Å². The van der Waals surface area contributed by atoms with Gasteiger partial charge in [0.05, 0.1) is 18.9 Å². The van der Waals surface area contributed by atoms with Crippen molar-refractivity contribution in [2.45, 2.75) is 0 Å². The fraction of sp³-hybridized carbons (Fsp3) is 0.333. The van der Waals surface area contributed by atoms with Crippen LogP contribution >= 0.6 is 38.6 Å². The van der Waals surface area contributed by atoms with E-state index in [-0.39, 0.29) is 11.7 Å². The molecule has 3 aromatic rings. The molecule has 1 aliphatic heterocycles. The van der Waals surface area contributed by atoms with Crippen LogP contribution in [0.15, 0.2) is 34.1 Å². The molecule has 0 spiro atoms. The molecule has 0 atom stereocenters. The molecule has 1 aromatic carbocycles. The zero-order valence-electron chi connectivity index (χ0n) is 14.5. The molecule has 1 amide bonds. The number of hydrogen-bond acceptors (Lipinski definition) is 6. The molecule has 0 aliphatic carbocycles. The molecule has 3 heterocycles. The highest BCUT2D eigenvalue weighted by atomic mass is 79.9. The summed E-state index contributed by atoms with van der Waals surface area (Å²) in [4.78, 5) is 22.0. The van der Waals surface area contributed by atoms with Crippen molar-refractivity contribution in [3.05, 3.63) is 44.8 Å². The maximum atomic E-state index is 13.4. The Morgan fingerprint density at radius 1 is 1.19 bits per heavy atom. The van der Waals surface area contributed by atoms with Crippen LogP contribution in [0.3, 0.4) is 0 Å². The van der Waals surface area contributed by atoms with E-state index in [0.29, 0.717) is 6.54 Å². The second-order valence-electron chi connectivity index (χ2n) is 6.30. The van der Waals surface area contributed by atoms with E-state index in [2.05, 4.69) is 36.0 Å². The molecule has 0 unspecified atom stereocenters. The Kier molecular flexibility index (Phi) is 5.72. The number of benzene rings is 1. The van der Waals surface area contributed by atoms with Gasteiger partial charge in [0.1, 0.15) is 5.82 Å². The predicted octanol–water partition coefficient (Wildman–Crippen LogP) is 3.81. The van der Waals surface area contributed by atoms with Crippen LogP contribution in [0.1, 0.15) is 9.67 Å². The zero-order valence-corrected chi connectivity index (χ0v) is 17.7. The lowest BCUT2D eigenvalue weighted by Crippen LogP contribution is -2.48. The lowest BCUT2D eigenvalue weighted by atomic mass is 10.3. The van der Waals surface area contributed by atoms with Gasteiger partial charge in [-0.1, -0.05) is 11.3 Å². The third-order valence-electron chi connectivity index (χ3n) is 4.49. The maximum absolute atomic E-state index is 13.4. The number of thiophene rings is 1. The third-order valence-corrected chi connectivity index (χ3v) is 7.19. The molecule has 0 bridgehead atoms. The number of halogens is 2. The molecule has 5 nitrogen and oxygen atoms in total. The van der Waals surface area contributed by atoms with Gasteiger partial charge in [-0.15, -0.1) is 11.3 Å². The van der Waals surface area contributed by atoms with Crippen LogP contribution in [0.4, 0.5) is 9.52 Å². The van der Waals surface area contributed by atoms with E-state index in [1.807, 2.05) is 12.1 Å². The van der Waals surface area contributed by atoms with Crippen LogP contribution in [0.2, 0.25) is 0 Å². The number of nitrogens with one attached hydrogen (secondary N) is 1. The summed E-state index contributed by atoms with van der Waals surface area (Å²) in [6.07, 6.45) is 0. The summed E-state index contributed by atoms with van der Waals surface area (Å²) in [7, 11) is 0. The van der Waals surface area contributed by atoms with E-state index < -0.39 is 0 Å². The number of thiazole rings is 1. The molecule has 1 saturated heterocycles. The fourth-order valence-electron chi connectivity index (χ4n) is 3.04.